The van der Waals surface area contributed by atoms with E-state index in [9.17, 15) is 41.0 Å². The van der Waals surface area contributed by atoms with Crippen molar-refractivity contribution in [3.63, 3.8) is 0 Å². The number of hydrogen-bond acceptors (Lipinski definition) is 13. The highest BCUT2D eigenvalue weighted by Crippen LogP contribution is 2.38. The van der Waals surface area contributed by atoms with Crippen molar-refractivity contribution in [2.45, 2.75) is 83.0 Å². The van der Waals surface area contributed by atoms with Gasteiger partial charge in [0.15, 0.2) is 24.4 Å². The maximum atomic E-state index is 12.6. The molecule has 3 aliphatic heterocycles. The molecule has 8 rings (SSSR count). The van der Waals surface area contributed by atoms with Gasteiger partial charge in [-0.25, -0.2) is 0 Å². The Labute approximate surface area is 382 Å². The molecule has 0 amide bonds. The molecule has 1 aliphatic carbocycles. The number of aromatic nitrogens is 2. The van der Waals surface area contributed by atoms with Crippen LogP contribution in [0.3, 0.4) is 0 Å². The molecule has 67 heavy (non-hydrogen) atoms. The minimum atomic E-state index is -4.46. The number of alkyl halides is 6. The highest BCUT2D eigenvalue weighted by atomic mass is 19.4. The van der Waals surface area contributed by atoms with E-state index in [4.69, 9.17) is 37.8 Å². The Balaban J connectivity index is 0.000000199. The summed E-state index contributed by atoms with van der Waals surface area (Å²) in [5, 5.41) is 27.2. The minimum absolute atomic E-state index is 0.0152. The molecule has 2 N–H and O–H groups in total. The molecule has 15 nitrogen and oxygen atoms in total. The number of rotatable bonds is 17. The molecular formula is C46H58F6N4O11. The molecular weight excluding hydrogens is 899 g/mol. The zero-order valence-electron chi connectivity index (χ0n) is 37.2. The molecule has 0 atom stereocenters. The Bertz CT molecular complexity index is 2210. The Morgan fingerprint density at radius 2 is 1.13 bits per heavy atom. The lowest BCUT2D eigenvalue weighted by molar-refractivity contribution is -0.156. The summed E-state index contributed by atoms with van der Waals surface area (Å²) in [6, 6.07) is 9.16. The first-order chi connectivity index (χ1) is 32.0. The SMILES string of the molecule is O=C(O)C1(CCN2CCC(COc3noc4cccc(OCC(F)(F)F)c34)CC2)CCOCC1.O=C(O)C1CCC(CN2CCC(COc3noc4cccc(OCC(F)(F)F)c34)CC2)CC1. The summed E-state index contributed by atoms with van der Waals surface area (Å²) in [5.41, 5.74) is -0.0833. The van der Waals surface area contributed by atoms with Crippen molar-refractivity contribution in [2.24, 2.45) is 29.1 Å². The second kappa shape index (κ2) is 22.4. The van der Waals surface area contributed by atoms with Gasteiger partial charge in [0.2, 0.25) is 0 Å². The number of halogens is 6. The third-order valence-electron chi connectivity index (χ3n) is 13.5. The minimum Gasteiger partial charge on any atom is -0.483 e. The van der Waals surface area contributed by atoms with Gasteiger partial charge in [-0.05, 0) is 156 Å². The van der Waals surface area contributed by atoms with E-state index in [1.807, 2.05) is 0 Å². The molecule has 1 saturated carbocycles. The summed E-state index contributed by atoms with van der Waals surface area (Å²) in [5.74, 6) is -0.137. The van der Waals surface area contributed by atoms with Crippen LogP contribution in [-0.2, 0) is 14.3 Å². The summed E-state index contributed by atoms with van der Waals surface area (Å²) in [6.07, 6.45) is -0.0566. The average molecular weight is 957 g/mol. The maximum absolute atomic E-state index is 12.6. The number of aliphatic carboxylic acids is 2. The lowest BCUT2D eigenvalue weighted by atomic mass is 9.77. The molecule has 370 valence electrons. The highest BCUT2D eigenvalue weighted by Gasteiger charge is 2.40. The monoisotopic (exact) mass is 956 g/mol. The molecule has 0 unspecified atom stereocenters. The summed E-state index contributed by atoms with van der Waals surface area (Å²) in [7, 11) is 0. The third kappa shape index (κ3) is 14.0. The van der Waals surface area contributed by atoms with Gasteiger partial charge in [0.25, 0.3) is 11.8 Å². The second-order valence-electron chi connectivity index (χ2n) is 18.2. The fourth-order valence-electron chi connectivity index (χ4n) is 9.39. The number of hydrogen-bond donors (Lipinski definition) is 2. The second-order valence-corrected chi connectivity index (χ2v) is 18.2. The van der Waals surface area contributed by atoms with Crippen molar-refractivity contribution in [2.75, 3.05) is 78.9 Å². The molecule has 0 radical (unpaired) electrons. The number of ether oxygens (including phenoxy) is 5. The van der Waals surface area contributed by atoms with Gasteiger partial charge in [0.05, 0.1) is 24.5 Å². The summed E-state index contributed by atoms with van der Waals surface area (Å²) < 4.78 is 113. The van der Waals surface area contributed by atoms with Crippen LogP contribution in [0.15, 0.2) is 45.4 Å². The van der Waals surface area contributed by atoms with Crippen LogP contribution in [0.25, 0.3) is 21.9 Å². The van der Waals surface area contributed by atoms with Crippen LogP contribution in [0.5, 0.6) is 23.3 Å². The van der Waals surface area contributed by atoms with E-state index in [0.29, 0.717) is 79.5 Å². The fourth-order valence-corrected chi connectivity index (χ4v) is 9.39. The van der Waals surface area contributed by atoms with Gasteiger partial charge >= 0.3 is 24.3 Å². The number of carbonyl (C=O) groups is 2. The number of likely N-dealkylation sites (tertiary alicyclic amines) is 2. The van der Waals surface area contributed by atoms with Crippen LogP contribution in [0, 0.1) is 29.1 Å². The summed E-state index contributed by atoms with van der Waals surface area (Å²) in [4.78, 5) is 27.7. The van der Waals surface area contributed by atoms with E-state index < -0.39 is 42.9 Å². The average Bonchev–Trinajstić information content (AvgIpc) is 3.94. The Kier molecular flexibility index (Phi) is 16.7. The predicted octanol–water partition coefficient (Wildman–Crippen LogP) is 8.88. The quantitative estimate of drug-likeness (QED) is 0.0958. The summed E-state index contributed by atoms with van der Waals surface area (Å²) >= 11 is 0. The van der Waals surface area contributed by atoms with Crippen LogP contribution < -0.4 is 18.9 Å². The first-order valence-electron chi connectivity index (χ1n) is 22.9. The Hall–Kier alpha value is -5.02. The molecule has 0 bridgehead atoms. The smallest absolute Gasteiger partial charge is 0.422 e. The number of carboxylic acid groups (broad SMARTS) is 2. The number of carboxylic acids is 2. The van der Waals surface area contributed by atoms with Crippen LogP contribution in [0.2, 0.25) is 0 Å². The maximum Gasteiger partial charge on any atom is 0.422 e. The molecule has 2 aromatic carbocycles. The highest BCUT2D eigenvalue weighted by molar-refractivity contribution is 5.89. The number of nitrogens with zero attached hydrogens (tertiary/aromatic N) is 4. The molecule has 2 aromatic heterocycles. The largest absolute Gasteiger partial charge is 0.483 e. The van der Waals surface area contributed by atoms with Gasteiger partial charge in [0.1, 0.15) is 22.3 Å². The first kappa shape index (κ1) is 49.9. The lowest BCUT2D eigenvalue weighted by Crippen LogP contribution is -2.42. The van der Waals surface area contributed by atoms with Crippen molar-refractivity contribution >= 4 is 33.9 Å². The molecule has 4 fully saturated rings. The van der Waals surface area contributed by atoms with Crippen LogP contribution >= 0.6 is 0 Å². The van der Waals surface area contributed by atoms with Gasteiger partial charge in [-0.2, -0.15) is 26.3 Å². The third-order valence-corrected chi connectivity index (χ3v) is 13.5. The van der Waals surface area contributed by atoms with E-state index in [2.05, 4.69) is 20.1 Å². The van der Waals surface area contributed by atoms with E-state index in [-0.39, 0.29) is 35.1 Å². The Morgan fingerprint density at radius 1 is 0.657 bits per heavy atom. The van der Waals surface area contributed by atoms with Crippen LogP contribution in [0.4, 0.5) is 26.3 Å². The van der Waals surface area contributed by atoms with E-state index in [1.54, 1.807) is 18.2 Å². The fraction of sp³-hybridized carbons (Fsp3) is 0.652. The zero-order chi connectivity index (χ0) is 47.6. The van der Waals surface area contributed by atoms with Gasteiger partial charge < -0.3 is 52.7 Å². The zero-order valence-corrected chi connectivity index (χ0v) is 37.2. The Morgan fingerprint density at radius 3 is 1.58 bits per heavy atom. The van der Waals surface area contributed by atoms with Gasteiger partial charge in [-0.15, -0.1) is 0 Å². The predicted molar refractivity (Wildman–Crippen MR) is 228 cm³/mol. The molecule has 21 heteroatoms. The van der Waals surface area contributed by atoms with E-state index in [0.717, 1.165) is 90.6 Å². The van der Waals surface area contributed by atoms with E-state index >= 15 is 0 Å². The van der Waals surface area contributed by atoms with Crippen molar-refractivity contribution in [1.29, 1.82) is 0 Å². The van der Waals surface area contributed by atoms with Gasteiger partial charge in [-0.1, -0.05) is 12.1 Å². The lowest BCUT2D eigenvalue weighted by Gasteiger charge is -2.37. The van der Waals surface area contributed by atoms with Crippen molar-refractivity contribution in [1.82, 2.24) is 20.1 Å². The van der Waals surface area contributed by atoms with E-state index in [1.165, 1.54) is 18.2 Å². The number of fused-ring (bicyclic) bond motifs is 2. The van der Waals surface area contributed by atoms with Crippen molar-refractivity contribution in [3.05, 3.63) is 36.4 Å². The first-order valence-corrected chi connectivity index (χ1v) is 22.9. The molecule has 0 spiro atoms. The van der Waals surface area contributed by atoms with Crippen LogP contribution in [-0.4, -0.2) is 134 Å². The topological polar surface area (TPSA) is 179 Å². The van der Waals surface area contributed by atoms with Crippen molar-refractivity contribution < 1.29 is 78.9 Å². The number of benzene rings is 2. The van der Waals surface area contributed by atoms with Crippen molar-refractivity contribution in [3.8, 4) is 23.3 Å². The van der Waals surface area contributed by atoms with Crippen LogP contribution in [0.1, 0.15) is 70.6 Å². The molecule has 4 aliphatic rings. The molecule has 5 heterocycles. The van der Waals surface area contributed by atoms with Gasteiger partial charge in [0, 0.05) is 19.8 Å². The van der Waals surface area contributed by atoms with Gasteiger partial charge in [-0.3, -0.25) is 9.59 Å². The standard InChI is InChI=1S/C23H29F3N2O6.C23H29F3N2O5/c24-23(25,26)15-33-17-2-1-3-18-19(17)20(27-34-18)32-14-16-4-9-28(10-5-16)11-6-22(21(29)30)7-12-31-13-8-22;24-23(25,26)14-32-18-2-1-3-19-20(18)21(27-33-19)31-13-16-8-10-28(11-9-16)12-15-4-6-17(7-5-15)22(29)30/h1-3,16H,4-15H2,(H,29,30);1-3,15-17H,4-14H2,(H,29,30). The molecule has 3 saturated heterocycles. The molecule has 4 aromatic rings. The summed E-state index contributed by atoms with van der Waals surface area (Å²) in [6.45, 7) is 4.25. The normalized spacial score (nSPS) is 21.4. The number of piperidine rings is 2.